The molecule has 0 aliphatic carbocycles. The Morgan fingerprint density at radius 1 is 0.397 bits per heavy atom. The molecular weight excluding hydrogens is 775 g/mol. The van der Waals surface area contributed by atoms with Gasteiger partial charge in [-0.25, -0.2) is 0 Å². The van der Waals surface area contributed by atoms with Crippen molar-refractivity contribution in [2.45, 2.75) is 321 Å². The van der Waals surface area contributed by atoms with E-state index in [1.807, 2.05) is 6.08 Å². The van der Waals surface area contributed by atoms with E-state index in [2.05, 4.69) is 43.5 Å². The van der Waals surface area contributed by atoms with E-state index in [0.29, 0.717) is 6.42 Å². The van der Waals surface area contributed by atoms with Crippen LogP contribution in [0, 0.1) is 0 Å². The zero-order chi connectivity index (χ0) is 45.8. The molecule has 0 heterocycles. The minimum atomic E-state index is -0.959. The molecular formula is C58H111NO4. The van der Waals surface area contributed by atoms with Gasteiger partial charge in [0, 0.05) is 0 Å². The first-order valence-electron chi connectivity index (χ1n) is 28.3. The standard InChI is InChI=1S/C58H111NO4/c1-3-5-7-9-11-13-15-17-19-21-23-25-27-28-30-32-34-36-38-40-42-44-46-48-50-52-57(62)56(54-60)59-58(63)53-55(61)51-49-47-45-43-41-39-37-35-33-31-29-26-24-22-20-18-16-14-12-10-8-6-4-2/h34,36,42,44,50,52,55-57,60-62H,3-33,35,37-41,43,45-49,51,53-54H2,1-2H3,(H,59,63)/b36-34+,44-42+,52-50+. The lowest BCUT2D eigenvalue weighted by molar-refractivity contribution is -0.124. The van der Waals surface area contributed by atoms with Crippen molar-refractivity contribution in [3.63, 3.8) is 0 Å². The van der Waals surface area contributed by atoms with Crippen molar-refractivity contribution in [3.8, 4) is 0 Å². The van der Waals surface area contributed by atoms with Crippen molar-refractivity contribution >= 4 is 5.91 Å². The Hall–Kier alpha value is -1.43. The number of nitrogens with one attached hydrogen (secondary N) is 1. The van der Waals surface area contributed by atoms with Gasteiger partial charge >= 0.3 is 0 Å². The van der Waals surface area contributed by atoms with Crippen molar-refractivity contribution in [2.24, 2.45) is 0 Å². The van der Waals surface area contributed by atoms with Crippen molar-refractivity contribution in [3.05, 3.63) is 36.5 Å². The fraction of sp³-hybridized carbons (Fsp3) is 0.879. The molecule has 5 heteroatoms. The van der Waals surface area contributed by atoms with Crippen LogP contribution in [0.25, 0.3) is 0 Å². The highest BCUT2D eigenvalue weighted by Crippen LogP contribution is 2.17. The number of unbranched alkanes of at least 4 members (excludes halogenated alkanes) is 39. The Morgan fingerprint density at radius 3 is 1.02 bits per heavy atom. The Kier molecular flexibility index (Phi) is 52.0. The van der Waals surface area contributed by atoms with Crippen molar-refractivity contribution < 1.29 is 20.1 Å². The zero-order valence-electron chi connectivity index (χ0n) is 42.5. The second-order valence-electron chi connectivity index (χ2n) is 19.5. The van der Waals surface area contributed by atoms with Crippen molar-refractivity contribution in [1.29, 1.82) is 0 Å². The van der Waals surface area contributed by atoms with Crippen LogP contribution in [-0.2, 0) is 4.79 Å². The molecule has 3 unspecified atom stereocenters. The molecule has 0 rings (SSSR count). The molecule has 4 N–H and O–H groups in total. The average molecular weight is 887 g/mol. The van der Waals surface area contributed by atoms with E-state index < -0.39 is 18.2 Å². The molecule has 0 aromatic heterocycles. The number of hydrogen-bond acceptors (Lipinski definition) is 4. The molecule has 0 saturated carbocycles. The highest BCUT2D eigenvalue weighted by molar-refractivity contribution is 5.76. The van der Waals surface area contributed by atoms with Crippen LogP contribution in [0.15, 0.2) is 36.5 Å². The third-order valence-corrected chi connectivity index (χ3v) is 13.2. The van der Waals surface area contributed by atoms with Crippen LogP contribution in [0.3, 0.4) is 0 Å². The molecule has 63 heavy (non-hydrogen) atoms. The molecule has 0 aromatic rings. The summed E-state index contributed by atoms with van der Waals surface area (Å²) in [5.74, 6) is -0.324. The molecule has 3 atom stereocenters. The van der Waals surface area contributed by atoms with Gasteiger partial charge in [0.05, 0.1) is 31.3 Å². The van der Waals surface area contributed by atoms with Gasteiger partial charge < -0.3 is 20.6 Å². The van der Waals surface area contributed by atoms with Crippen molar-refractivity contribution in [1.82, 2.24) is 5.32 Å². The molecule has 5 nitrogen and oxygen atoms in total. The minimum absolute atomic E-state index is 0.00569. The van der Waals surface area contributed by atoms with Gasteiger partial charge in [0.2, 0.25) is 5.91 Å². The van der Waals surface area contributed by atoms with Crippen molar-refractivity contribution in [2.75, 3.05) is 6.61 Å². The van der Waals surface area contributed by atoms with E-state index >= 15 is 0 Å². The van der Waals surface area contributed by atoms with Gasteiger partial charge in [-0.15, -0.1) is 0 Å². The lowest BCUT2D eigenvalue weighted by Gasteiger charge is -2.21. The van der Waals surface area contributed by atoms with Crippen LogP contribution < -0.4 is 5.32 Å². The summed E-state index contributed by atoms with van der Waals surface area (Å²) in [6, 6.07) is -0.767. The van der Waals surface area contributed by atoms with E-state index in [-0.39, 0.29) is 18.9 Å². The monoisotopic (exact) mass is 886 g/mol. The first-order chi connectivity index (χ1) is 31.0. The number of allylic oxidation sites excluding steroid dienone is 5. The highest BCUT2D eigenvalue weighted by Gasteiger charge is 2.20. The summed E-state index contributed by atoms with van der Waals surface area (Å²) in [6.07, 6.45) is 69.1. The van der Waals surface area contributed by atoms with Gasteiger partial charge in [0.1, 0.15) is 0 Å². The molecule has 0 aromatic carbocycles. The molecule has 0 fully saturated rings. The van der Waals surface area contributed by atoms with Gasteiger partial charge in [-0.1, -0.05) is 288 Å². The van der Waals surface area contributed by atoms with Crippen LogP contribution in [0.4, 0.5) is 0 Å². The van der Waals surface area contributed by atoms with Crippen LogP contribution in [0.1, 0.15) is 303 Å². The van der Waals surface area contributed by atoms with Gasteiger partial charge in [-0.2, -0.15) is 0 Å². The molecule has 0 aliphatic heterocycles. The maximum Gasteiger partial charge on any atom is 0.222 e. The quantitative estimate of drug-likeness (QED) is 0.0362. The minimum Gasteiger partial charge on any atom is -0.394 e. The number of rotatable bonds is 52. The second-order valence-corrected chi connectivity index (χ2v) is 19.5. The molecule has 0 radical (unpaired) electrons. The van der Waals surface area contributed by atoms with Crippen LogP contribution in [0.2, 0.25) is 0 Å². The summed E-state index contributed by atoms with van der Waals surface area (Å²) in [6.45, 7) is 4.23. The number of aliphatic hydroxyl groups excluding tert-OH is 3. The van der Waals surface area contributed by atoms with E-state index in [1.165, 1.54) is 238 Å². The van der Waals surface area contributed by atoms with Gasteiger partial charge in [0.15, 0.2) is 0 Å². The van der Waals surface area contributed by atoms with E-state index in [9.17, 15) is 20.1 Å². The number of aliphatic hydroxyl groups is 3. The number of amides is 1. The van der Waals surface area contributed by atoms with Gasteiger partial charge in [-0.05, 0) is 44.9 Å². The topological polar surface area (TPSA) is 89.8 Å². The summed E-state index contributed by atoms with van der Waals surface area (Å²) in [5.41, 5.74) is 0. The Morgan fingerprint density at radius 2 is 0.683 bits per heavy atom. The maximum atomic E-state index is 12.5. The predicted octanol–water partition coefficient (Wildman–Crippen LogP) is 17.4. The second kappa shape index (κ2) is 53.2. The van der Waals surface area contributed by atoms with Crippen LogP contribution in [-0.4, -0.2) is 46.1 Å². The fourth-order valence-corrected chi connectivity index (χ4v) is 8.85. The third-order valence-electron chi connectivity index (χ3n) is 13.2. The number of carbonyl (C=O) groups is 1. The summed E-state index contributed by atoms with van der Waals surface area (Å²) in [4.78, 5) is 12.5. The lowest BCUT2D eigenvalue weighted by atomic mass is 10.0. The molecule has 0 spiro atoms. The lowest BCUT2D eigenvalue weighted by Crippen LogP contribution is -2.45. The predicted molar refractivity (Wildman–Crippen MR) is 278 cm³/mol. The molecule has 0 bridgehead atoms. The third kappa shape index (κ3) is 49.8. The number of hydrogen-bond donors (Lipinski definition) is 4. The Bertz CT molecular complexity index is 978. The highest BCUT2D eigenvalue weighted by atomic mass is 16.3. The maximum absolute atomic E-state index is 12.5. The first-order valence-corrected chi connectivity index (χ1v) is 28.3. The largest absolute Gasteiger partial charge is 0.394 e. The Labute approximate surface area is 394 Å². The SMILES string of the molecule is CCCCCCCCCCCCCCCCC/C=C/CC/C=C/CC/C=C/C(O)C(CO)NC(=O)CC(O)CCCCCCCCCCCCCCCCCCCCCCCCC. The molecule has 1 amide bonds. The van der Waals surface area contributed by atoms with E-state index in [0.717, 1.165) is 38.5 Å². The smallest absolute Gasteiger partial charge is 0.222 e. The van der Waals surface area contributed by atoms with Crippen LogP contribution >= 0.6 is 0 Å². The molecule has 0 aliphatic rings. The summed E-state index contributed by atoms with van der Waals surface area (Å²) < 4.78 is 0. The van der Waals surface area contributed by atoms with Crippen LogP contribution in [0.5, 0.6) is 0 Å². The van der Waals surface area contributed by atoms with Gasteiger partial charge in [0.25, 0.3) is 0 Å². The fourth-order valence-electron chi connectivity index (χ4n) is 8.85. The van der Waals surface area contributed by atoms with E-state index in [1.54, 1.807) is 6.08 Å². The number of carbonyl (C=O) groups excluding carboxylic acids is 1. The normalized spacial score (nSPS) is 13.5. The zero-order valence-corrected chi connectivity index (χ0v) is 42.5. The first kappa shape index (κ1) is 61.6. The Balaban J connectivity index is 3.62. The summed E-state index contributed by atoms with van der Waals surface area (Å²) in [5, 5.41) is 33.4. The summed E-state index contributed by atoms with van der Waals surface area (Å²) >= 11 is 0. The van der Waals surface area contributed by atoms with Gasteiger partial charge in [-0.3, -0.25) is 4.79 Å². The average Bonchev–Trinajstić information content (AvgIpc) is 3.28. The molecule has 0 saturated heterocycles. The molecule has 372 valence electrons. The summed E-state index contributed by atoms with van der Waals surface area (Å²) in [7, 11) is 0. The van der Waals surface area contributed by atoms with E-state index in [4.69, 9.17) is 0 Å².